The summed E-state index contributed by atoms with van der Waals surface area (Å²) in [4.78, 5) is 13.0. The van der Waals surface area contributed by atoms with Crippen molar-refractivity contribution in [2.24, 2.45) is 0 Å². The van der Waals surface area contributed by atoms with E-state index in [0.717, 1.165) is 51.4 Å². The molecule has 2 aliphatic rings. The second kappa shape index (κ2) is 37.8. The molecule has 0 saturated carbocycles. The van der Waals surface area contributed by atoms with Gasteiger partial charge >= 0.3 is 5.97 Å². The molecule has 0 spiro atoms. The number of hydrogen-bond donors (Lipinski definition) is 7. The molecule has 2 rings (SSSR count). The molecule has 14 heteroatoms. The fraction of sp³-hybridized carbons (Fsp3) is 0.939. The number of aliphatic hydroxyl groups excluding tert-OH is 7. The highest BCUT2D eigenvalue weighted by molar-refractivity contribution is 5.69. The Bertz CT molecular complexity index is 1100. The number of ether oxygens (including phenoxy) is 6. The van der Waals surface area contributed by atoms with E-state index in [2.05, 4.69) is 26.0 Å². The molecule has 63 heavy (non-hydrogen) atoms. The molecule has 11 atom stereocenters. The van der Waals surface area contributed by atoms with Crippen LogP contribution in [-0.2, 0) is 33.2 Å². The smallest absolute Gasteiger partial charge is 0.306 e. The Labute approximate surface area is 380 Å². The van der Waals surface area contributed by atoms with Gasteiger partial charge in [-0.2, -0.15) is 0 Å². The zero-order chi connectivity index (χ0) is 45.9. The minimum atomic E-state index is -1.70. The first kappa shape index (κ1) is 57.9. The second-order valence-corrected chi connectivity index (χ2v) is 18.0. The van der Waals surface area contributed by atoms with Gasteiger partial charge in [-0.15, -0.1) is 0 Å². The van der Waals surface area contributed by atoms with E-state index in [4.69, 9.17) is 28.4 Å². The molecule has 0 aromatic carbocycles. The third-order valence-electron chi connectivity index (χ3n) is 12.3. The van der Waals surface area contributed by atoms with Crippen LogP contribution in [0.4, 0.5) is 0 Å². The second-order valence-electron chi connectivity index (χ2n) is 18.0. The van der Waals surface area contributed by atoms with Crippen LogP contribution < -0.4 is 0 Å². The first-order chi connectivity index (χ1) is 30.6. The van der Waals surface area contributed by atoms with E-state index >= 15 is 0 Å². The van der Waals surface area contributed by atoms with Crippen molar-refractivity contribution in [3.8, 4) is 0 Å². The standard InChI is InChI=1S/C49H92O14/c1-3-5-7-9-11-13-15-16-17-18-19-20-21-22-24-26-28-30-32-41(51)61-38(35-58-33-31-29-27-25-23-14-12-10-8-6-4-2)36-59-48-47(57)45(55)43(53)40(63-48)37-60-49-46(56)44(54)42(52)39(34-50)62-49/h8,10,38-40,42-50,52-57H,3-7,9,11-37H2,1-2H3/b10-8-. The first-order valence-corrected chi connectivity index (χ1v) is 25.3. The predicted octanol–water partition coefficient (Wildman–Crippen LogP) is 7.07. The van der Waals surface area contributed by atoms with E-state index in [1.807, 2.05) is 0 Å². The molecule has 0 aliphatic carbocycles. The van der Waals surface area contributed by atoms with Gasteiger partial charge in [0.1, 0.15) is 54.9 Å². The molecule has 14 nitrogen and oxygen atoms in total. The van der Waals surface area contributed by atoms with Gasteiger partial charge in [-0.1, -0.05) is 167 Å². The maximum atomic E-state index is 13.0. The molecule has 7 N–H and O–H groups in total. The largest absolute Gasteiger partial charge is 0.457 e. The van der Waals surface area contributed by atoms with Crippen molar-refractivity contribution in [3.63, 3.8) is 0 Å². The summed E-state index contributed by atoms with van der Waals surface area (Å²) < 4.78 is 34.2. The third kappa shape index (κ3) is 26.0. The lowest BCUT2D eigenvalue weighted by molar-refractivity contribution is -0.332. The van der Waals surface area contributed by atoms with Gasteiger partial charge in [-0.25, -0.2) is 0 Å². The Morgan fingerprint density at radius 1 is 0.508 bits per heavy atom. The fourth-order valence-electron chi connectivity index (χ4n) is 8.11. The van der Waals surface area contributed by atoms with Crippen LogP contribution in [-0.4, -0.2) is 142 Å². The van der Waals surface area contributed by atoms with Crippen molar-refractivity contribution in [1.29, 1.82) is 0 Å². The highest BCUT2D eigenvalue weighted by Gasteiger charge is 2.47. The molecular formula is C49H92O14. The summed E-state index contributed by atoms with van der Waals surface area (Å²) in [6, 6.07) is 0. The number of allylic oxidation sites excluding steroid dienone is 2. The quantitative estimate of drug-likeness (QED) is 0.0186. The topological polar surface area (TPSA) is 214 Å². The molecule has 372 valence electrons. The number of rotatable bonds is 40. The van der Waals surface area contributed by atoms with E-state index in [9.17, 15) is 40.5 Å². The van der Waals surface area contributed by atoms with E-state index in [1.54, 1.807) is 0 Å². The Morgan fingerprint density at radius 3 is 1.51 bits per heavy atom. The minimum Gasteiger partial charge on any atom is -0.457 e. The van der Waals surface area contributed by atoms with Gasteiger partial charge in [0.15, 0.2) is 12.6 Å². The summed E-state index contributed by atoms with van der Waals surface area (Å²) in [5.74, 6) is -0.375. The monoisotopic (exact) mass is 905 g/mol. The Hall–Kier alpha value is -1.27. The fourth-order valence-corrected chi connectivity index (χ4v) is 8.11. The first-order valence-electron chi connectivity index (χ1n) is 25.3. The molecule has 0 aromatic rings. The molecule has 0 bridgehead atoms. The van der Waals surface area contributed by atoms with Crippen molar-refractivity contribution in [2.75, 3.05) is 33.0 Å². The summed E-state index contributed by atoms with van der Waals surface area (Å²) in [7, 11) is 0. The number of esters is 1. The van der Waals surface area contributed by atoms with Gasteiger partial charge in [0.25, 0.3) is 0 Å². The average Bonchev–Trinajstić information content (AvgIpc) is 3.28. The van der Waals surface area contributed by atoms with Crippen LogP contribution in [0.2, 0.25) is 0 Å². The van der Waals surface area contributed by atoms with Crippen molar-refractivity contribution < 1.29 is 69.0 Å². The van der Waals surface area contributed by atoms with Gasteiger partial charge in [-0.3, -0.25) is 4.79 Å². The van der Waals surface area contributed by atoms with Crippen molar-refractivity contribution in [3.05, 3.63) is 12.2 Å². The lowest BCUT2D eigenvalue weighted by atomic mass is 9.98. The zero-order valence-electron chi connectivity index (χ0n) is 39.3. The van der Waals surface area contributed by atoms with Crippen LogP contribution in [0.5, 0.6) is 0 Å². The Morgan fingerprint density at radius 2 is 0.968 bits per heavy atom. The van der Waals surface area contributed by atoms with Crippen molar-refractivity contribution in [1.82, 2.24) is 0 Å². The lowest BCUT2D eigenvalue weighted by Gasteiger charge is -2.42. The molecule has 0 aromatic heterocycles. The van der Waals surface area contributed by atoms with Gasteiger partial charge < -0.3 is 64.2 Å². The van der Waals surface area contributed by atoms with E-state index in [1.165, 1.54) is 116 Å². The van der Waals surface area contributed by atoms with Crippen LogP contribution in [0.25, 0.3) is 0 Å². The Kier molecular flexibility index (Phi) is 34.7. The number of aliphatic hydroxyl groups is 7. The molecule has 11 unspecified atom stereocenters. The maximum Gasteiger partial charge on any atom is 0.306 e. The van der Waals surface area contributed by atoms with E-state index < -0.39 is 80.7 Å². The lowest BCUT2D eigenvalue weighted by Crippen LogP contribution is -2.61. The molecule has 0 radical (unpaired) electrons. The highest BCUT2D eigenvalue weighted by atomic mass is 16.7. The summed E-state index contributed by atoms with van der Waals surface area (Å²) in [6.45, 7) is 3.64. The third-order valence-corrected chi connectivity index (χ3v) is 12.3. The zero-order valence-corrected chi connectivity index (χ0v) is 39.3. The minimum absolute atomic E-state index is 0.0621. The van der Waals surface area contributed by atoms with Gasteiger partial charge in [0.2, 0.25) is 0 Å². The van der Waals surface area contributed by atoms with Gasteiger partial charge in [-0.05, 0) is 32.1 Å². The van der Waals surface area contributed by atoms with Gasteiger partial charge in [0.05, 0.1) is 26.4 Å². The molecule has 2 fully saturated rings. The predicted molar refractivity (Wildman–Crippen MR) is 243 cm³/mol. The van der Waals surface area contributed by atoms with Crippen LogP contribution in [0.1, 0.15) is 194 Å². The van der Waals surface area contributed by atoms with Gasteiger partial charge in [0, 0.05) is 13.0 Å². The summed E-state index contributed by atoms with van der Waals surface area (Å²) >= 11 is 0. The molecule has 0 amide bonds. The van der Waals surface area contributed by atoms with Crippen molar-refractivity contribution in [2.45, 2.75) is 261 Å². The number of carbonyl (C=O) groups excluding carboxylic acids is 1. The molecular weight excluding hydrogens is 813 g/mol. The van der Waals surface area contributed by atoms with Crippen LogP contribution in [0, 0.1) is 0 Å². The Balaban J connectivity index is 1.75. The van der Waals surface area contributed by atoms with Crippen LogP contribution in [0.15, 0.2) is 12.2 Å². The summed E-state index contributed by atoms with van der Waals surface area (Å²) in [5.41, 5.74) is 0. The van der Waals surface area contributed by atoms with E-state index in [0.29, 0.717) is 13.0 Å². The van der Waals surface area contributed by atoms with Crippen molar-refractivity contribution >= 4 is 5.97 Å². The van der Waals surface area contributed by atoms with Crippen LogP contribution in [0.3, 0.4) is 0 Å². The van der Waals surface area contributed by atoms with Crippen LogP contribution >= 0.6 is 0 Å². The molecule has 2 heterocycles. The summed E-state index contributed by atoms with van der Waals surface area (Å²) in [5, 5.41) is 72.0. The number of unbranched alkanes of at least 4 members (excludes halogenated alkanes) is 24. The maximum absolute atomic E-state index is 13.0. The van der Waals surface area contributed by atoms with E-state index in [-0.39, 0.29) is 25.6 Å². The highest BCUT2D eigenvalue weighted by Crippen LogP contribution is 2.26. The number of carbonyl (C=O) groups is 1. The SMILES string of the molecule is CCC/C=C\CCCCCCCCOCC(COC1OC(COC2OC(CO)C(O)C(O)C2O)C(O)C(O)C1O)OC(=O)CCCCCCCCCCCCCCCCCCCC. The molecule has 2 saturated heterocycles. The normalized spacial score (nSPS) is 27.0. The molecule has 2 aliphatic heterocycles. The average molecular weight is 905 g/mol. The number of hydrogen-bond acceptors (Lipinski definition) is 14. The summed E-state index contributed by atoms with van der Waals surface area (Å²) in [6.07, 6.45) is 21.4.